The summed E-state index contributed by atoms with van der Waals surface area (Å²) >= 11 is 0. The Morgan fingerprint density at radius 3 is 1.83 bits per heavy atom. The highest BCUT2D eigenvalue weighted by atomic mass is 16.5. The van der Waals surface area contributed by atoms with Gasteiger partial charge in [-0.05, 0) is 18.1 Å². The van der Waals surface area contributed by atoms with Crippen LogP contribution in [0.1, 0.15) is 29.2 Å². The third-order valence-electron chi connectivity index (χ3n) is 5.63. The predicted octanol–water partition coefficient (Wildman–Crippen LogP) is 3.49. The number of aliphatic hydroxyl groups is 2. The van der Waals surface area contributed by atoms with Crippen molar-refractivity contribution in [3.8, 4) is 0 Å². The van der Waals surface area contributed by atoms with Crippen molar-refractivity contribution < 1.29 is 19.7 Å². The second-order valence-corrected chi connectivity index (χ2v) is 8.22. The van der Waals surface area contributed by atoms with Crippen LogP contribution in [0.15, 0.2) is 89.9 Å². The third-order valence-corrected chi connectivity index (χ3v) is 5.63. The average molecular weight is 475 g/mol. The number of hydrogen-bond acceptors (Lipinski definition) is 6. The quantitative estimate of drug-likeness (QED) is 0.293. The molecular formula is C29H34N2O4. The molecule has 0 heterocycles. The molecule has 0 amide bonds. The summed E-state index contributed by atoms with van der Waals surface area (Å²) < 4.78 is 5.38. The fourth-order valence-corrected chi connectivity index (χ4v) is 3.90. The van der Waals surface area contributed by atoms with Crippen molar-refractivity contribution >= 4 is 11.7 Å². The maximum Gasteiger partial charge on any atom is 0.331 e. The molecule has 6 heteroatoms. The van der Waals surface area contributed by atoms with Crippen molar-refractivity contribution in [1.82, 2.24) is 4.90 Å². The third kappa shape index (κ3) is 8.14. The molecule has 1 unspecified atom stereocenters. The van der Waals surface area contributed by atoms with E-state index in [-0.39, 0.29) is 19.2 Å². The molecule has 0 spiro atoms. The van der Waals surface area contributed by atoms with Crippen molar-refractivity contribution in [2.75, 3.05) is 32.9 Å². The second kappa shape index (κ2) is 14.2. The Morgan fingerprint density at radius 2 is 1.34 bits per heavy atom. The number of esters is 1. The van der Waals surface area contributed by atoms with Crippen LogP contribution in [0.25, 0.3) is 0 Å². The number of benzene rings is 3. The SMILES string of the molecule is CCOC(=O)C(Cc1ccc(CN(CCO)CCO)cc1)N=C(c1ccccc1)c1ccccc1. The van der Waals surface area contributed by atoms with Crippen LogP contribution in [-0.4, -0.2) is 65.7 Å². The monoisotopic (exact) mass is 474 g/mol. The van der Waals surface area contributed by atoms with E-state index < -0.39 is 6.04 Å². The number of carbonyl (C=O) groups is 1. The average Bonchev–Trinajstić information content (AvgIpc) is 2.89. The molecule has 0 fully saturated rings. The zero-order valence-electron chi connectivity index (χ0n) is 20.2. The molecule has 3 aromatic carbocycles. The normalized spacial score (nSPS) is 11.8. The van der Waals surface area contributed by atoms with Crippen molar-refractivity contribution in [2.24, 2.45) is 4.99 Å². The molecule has 0 bridgehead atoms. The van der Waals surface area contributed by atoms with E-state index in [2.05, 4.69) is 0 Å². The van der Waals surface area contributed by atoms with Crippen LogP contribution in [-0.2, 0) is 22.5 Å². The highest BCUT2D eigenvalue weighted by Crippen LogP contribution is 2.16. The summed E-state index contributed by atoms with van der Waals surface area (Å²) in [5.41, 5.74) is 4.69. The minimum atomic E-state index is -0.684. The van der Waals surface area contributed by atoms with Gasteiger partial charge in [-0.1, -0.05) is 84.9 Å². The smallest absolute Gasteiger partial charge is 0.331 e. The van der Waals surface area contributed by atoms with E-state index in [0.717, 1.165) is 28.0 Å². The van der Waals surface area contributed by atoms with Crippen LogP contribution in [0, 0.1) is 0 Å². The standard InChI is InChI=1S/C29H34N2O4/c1-2-35-29(34)27(21-23-13-15-24(16-14-23)22-31(17-19-32)18-20-33)30-28(25-9-5-3-6-10-25)26-11-7-4-8-12-26/h3-16,27,32-33H,2,17-22H2,1H3. The van der Waals surface area contributed by atoms with E-state index in [1.807, 2.05) is 89.8 Å². The Kier molecular flexibility index (Phi) is 10.6. The van der Waals surface area contributed by atoms with Gasteiger partial charge in [0.1, 0.15) is 0 Å². The Hall–Kier alpha value is -3.32. The Morgan fingerprint density at radius 1 is 0.829 bits per heavy atom. The number of hydrogen-bond donors (Lipinski definition) is 2. The lowest BCUT2D eigenvalue weighted by Crippen LogP contribution is -2.29. The van der Waals surface area contributed by atoms with Gasteiger partial charge in [-0.2, -0.15) is 0 Å². The summed E-state index contributed by atoms with van der Waals surface area (Å²) in [6, 6.07) is 27.1. The molecule has 0 saturated heterocycles. The fraction of sp³-hybridized carbons (Fsp3) is 0.310. The van der Waals surface area contributed by atoms with Crippen LogP contribution in [0.5, 0.6) is 0 Å². The second-order valence-electron chi connectivity index (χ2n) is 8.22. The first-order valence-electron chi connectivity index (χ1n) is 12.0. The zero-order valence-corrected chi connectivity index (χ0v) is 20.2. The fourth-order valence-electron chi connectivity index (χ4n) is 3.90. The Bertz CT molecular complexity index is 1010. The van der Waals surface area contributed by atoms with Gasteiger partial charge in [0.25, 0.3) is 0 Å². The van der Waals surface area contributed by atoms with E-state index in [1.165, 1.54) is 0 Å². The summed E-state index contributed by atoms with van der Waals surface area (Å²) in [5, 5.41) is 18.5. The van der Waals surface area contributed by atoms with E-state index in [9.17, 15) is 15.0 Å². The predicted molar refractivity (Wildman–Crippen MR) is 139 cm³/mol. The van der Waals surface area contributed by atoms with Crippen molar-refractivity contribution in [3.63, 3.8) is 0 Å². The molecule has 6 nitrogen and oxygen atoms in total. The molecule has 1 atom stereocenters. The number of aliphatic imine (C=N–C) groups is 1. The zero-order chi connectivity index (χ0) is 24.9. The number of carbonyl (C=O) groups excluding carboxylic acids is 1. The van der Waals surface area contributed by atoms with Gasteiger partial charge in [0.15, 0.2) is 6.04 Å². The van der Waals surface area contributed by atoms with Gasteiger partial charge in [-0.25, -0.2) is 4.79 Å². The van der Waals surface area contributed by atoms with Crippen LogP contribution < -0.4 is 0 Å². The van der Waals surface area contributed by atoms with Crippen LogP contribution in [0.3, 0.4) is 0 Å². The van der Waals surface area contributed by atoms with Crippen LogP contribution in [0.2, 0.25) is 0 Å². The lowest BCUT2D eigenvalue weighted by atomic mass is 10.00. The molecule has 0 radical (unpaired) electrons. The van der Waals surface area contributed by atoms with Crippen molar-refractivity contribution in [3.05, 3.63) is 107 Å². The maximum absolute atomic E-state index is 12.9. The number of rotatable bonds is 13. The first-order chi connectivity index (χ1) is 17.1. The highest BCUT2D eigenvalue weighted by molar-refractivity contribution is 6.13. The molecule has 3 aromatic rings. The number of ether oxygens (including phenoxy) is 1. The topological polar surface area (TPSA) is 82.4 Å². The molecular weight excluding hydrogens is 440 g/mol. The maximum atomic E-state index is 12.9. The molecule has 3 rings (SSSR count). The molecule has 0 aliphatic heterocycles. The molecule has 0 aliphatic carbocycles. The molecule has 0 aliphatic rings. The minimum absolute atomic E-state index is 0.0441. The number of nitrogens with zero attached hydrogens (tertiary/aromatic N) is 2. The summed E-state index contributed by atoms with van der Waals surface area (Å²) in [6.45, 7) is 3.82. The summed E-state index contributed by atoms with van der Waals surface area (Å²) in [6.07, 6.45) is 0.416. The van der Waals surface area contributed by atoms with Gasteiger partial charge in [0.2, 0.25) is 0 Å². The first-order valence-corrected chi connectivity index (χ1v) is 12.0. The van der Waals surface area contributed by atoms with Gasteiger partial charge in [-0.15, -0.1) is 0 Å². The van der Waals surface area contributed by atoms with E-state index in [4.69, 9.17) is 9.73 Å². The van der Waals surface area contributed by atoms with E-state index >= 15 is 0 Å². The Balaban J connectivity index is 1.87. The van der Waals surface area contributed by atoms with Gasteiger partial charge in [0.05, 0.1) is 25.5 Å². The molecule has 0 saturated carbocycles. The minimum Gasteiger partial charge on any atom is -0.464 e. The molecule has 2 N–H and O–H groups in total. The molecule has 0 aromatic heterocycles. The van der Waals surface area contributed by atoms with Crippen molar-refractivity contribution in [1.29, 1.82) is 0 Å². The van der Waals surface area contributed by atoms with Crippen molar-refractivity contribution in [2.45, 2.75) is 25.9 Å². The van der Waals surface area contributed by atoms with Gasteiger partial charge in [-0.3, -0.25) is 9.89 Å². The van der Waals surface area contributed by atoms with Gasteiger partial charge in [0, 0.05) is 37.2 Å². The first kappa shape index (κ1) is 26.3. The number of aliphatic hydroxyl groups excluding tert-OH is 2. The highest BCUT2D eigenvalue weighted by Gasteiger charge is 2.21. The summed E-state index contributed by atoms with van der Waals surface area (Å²) in [4.78, 5) is 19.8. The van der Waals surface area contributed by atoms with Crippen LogP contribution >= 0.6 is 0 Å². The van der Waals surface area contributed by atoms with E-state index in [1.54, 1.807) is 6.92 Å². The van der Waals surface area contributed by atoms with Gasteiger partial charge >= 0.3 is 5.97 Å². The van der Waals surface area contributed by atoms with E-state index in [0.29, 0.717) is 32.7 Å². The Labute approximate surface area is 207 Å². The largest absolute Gasteiger partial charge is 0.464 e. The van der Waals surface area contributed by atoms with Crippen LogP contribution in [0.4, 0.5) is 0 Å². The summed E-state index contributed by atoms with van der Waals surface area (Å²) in [5.74, 6) is -0.349. The summed E-state index contributed by atoms with van der Waals surface area (Å²) in [7, 11) is 0. The lowest BCUT2D eigenvalue weighted by molar-refractivity contribution is -0.144. The molecule has 35 heavy (non-hydrogen) atoms. The molecule has 184 valence electrons. The lowest BCUT2D eigenvalue weighted by Gasteiger charge is -2.20. The van der Waals surface area contributed by atoms with Gasteiger partial charge < -0.3 is 14.9 Å².